The number of rotatable bonds is 4. The van der Waals surface area contributed by atoms with Crippen LogP contribution in [0.5, 0.6) is 0 Å². The van der Waals surface area contributed by atoms with Crippen LogP contribution in [0.2, 0.25) is 0 Å². The van der Waals surface area contributed by atoms with E-state index in [0.717, 1.165) is 21.8 Å². The van der Waals surface area contributed by atoms with Crippen LogP contribution in [0.15, 0.2) is 45.4 Å². The van der Waals surface area contributed by atoms with E-state index in [0.29, 0.717) is 13.0 Å². The molecule has 0 bridgehead atoms. The second-order valence-corrected chi connectivity index (χ2v) is 6.37. The molecule has 7 heteroatoms. The molecule has 0 spiro atoms. The summed E-state index contributed by atoms with van der Waals surface area (Å²) in [5, 5.41) is 11.9. The van der Waals surface area contributed by atoms with Crippen molar-refractivity contribution in [2.24, 2.45) is 0 Å². The van der Waals surface area contributed by atoms with E-state index in [1.54, 1.807) is 17.4 Å². The largest absolute Gasteiger partial charge is 0.328 e. The van der Waals surface area contributed by atoms with Crippen molar-refractivity contribution in [3.8, 4) is 17.3 Å². The molecule has 0 aliphatic rings. The average Bonchev–Trinajstić information content (AvgIpc) is 3.01. The lowest BCUT2D eigenvalue weighted by Gasteiger charge is -2.06. The Morgan fingerprint density at radius 2 is 2.04 bits per heavy atom. The van der Waals surface area contributed by atoms with E-state index in [2.05, 4.69) is 9.97 Å². The molecule has 24 heavy (non-hydrogen) atoms. The number of aromatic amines is 1. The Labute approximate surface area is 141 Å². The molecular formula is C17H14N4O2S. The van der Waals surface area contributed by atoms with E-state index in [9.17, 15) is 9.59 Å². The molecule has 0 amide bonds. The van der Waals surface area contributed by atoms with Gasteiger partial charge < -0.3 is 0 Å². The van der Waals surface area contributed by atoms with Crippen molar-refractivity contribution in [3.63, 3.8) is 0 Å². The Morgan fingerprint density at radius 1 is 1.29 bits per heavy atom. The maximum atomic E-state index is 11.8. The summed E-state index contributed by atoms with van der Waals surface area (Å²) >= 11 is 1.61. The molecule has 2 aromatic heterocycles. The average molecular weight is 338 g/mol. The van der Waals surface area contributed by atoms with Gasteiger partial charge in [0.2, 0.25) is 0 Å². The van der Waals surface area contributed by atoms with Gasteiger partial charge in [-0.3, -0.25) is 14.3 Å². The van der Waals surface area contributed by atoms with Crippen LogP contribution >= 0.6 is 11.3 Å². The van der Waals surface area contributed by atoms with Gasteiger partial charge >= 0.3 is 5.69 Å². The van der Waals surface area contributed by atoms with Crippen molar-refractivity contribution in [2.45, 2.75) is 19.9 Å². The topological polar surface area (TPSA) is 91.5 Å². The number of benzene rings is 1. The number of aromatic nitrogens is 3. The maximum Gasteiger partial charge on any atom is 0.328 e. The molecular weight excluding hydrogens is 324 g/mol. The van der Waals surface area contributed by atoms with Gasteiger partial charge in [0, 0.05) is 23.7 Å². The van der Waals surface area contributed by atoms with Gasteiger partial charge in [-0.05, 0) is 18.9 Å². The molecule has 0 fully saturated rings. The zero-order valence-electron chi connectivity index (χ0n) is 12.9. The molecule has 0 aliphatic carbocycles. The summed E-state index contributed by atoms with van der Waals surface area (Å²) in [6.45, 7) is 2.36. The molecule has 3 rings (SSSR count). The first-order chi connectivity index (χ1) is 11.6. The fraction of sp³-hybridized carbons (Fsp3) is 0.176. The van der Waals surface area contributed by atoms with Gasteiger partial charge in [0.05, 0.1) is 10.7 Å². The molecule has 0 atom stereocenters. The van der Waals surface area contributed by atoms with Crippen LogP contribution in [0.4, 0.5) is 0 Å². The van der Waals surface area contributed by atoms with Crippen LogP contribution in [0.1, 0.15) is 16.1 Å². The number of H-pyrrole nitrogens is 1. The SMILES string of the molecule is Cc1nc(-c2ccc(CCn3cc(C#N)c(=O)[nH]c3=O)cc2)cs1. The number of hydrogen-bond donors (Lipinski definition) is 1. The quantitative estimate of drug-likeness (QED) is 0.788. The van der Waals surface area contributed by atoms with Gasteiger partial charge in [0.1, 0.15) is 11.6 Å². The van der Waals surface area contributed by atoms with Crippen molar-refractivity contribution >= 4 is 11.3 Å². The Balaban J connectivity index is 1.75. The maximum absolute atomic E-state index is 11.8. The predicted molar refractivity (Wildman–Crippen MR) is 92.0 cm³/mol. The van der Waals surface area contributed by atoms with Crippen LogP contribution in [0.3, 0.4) is 0 Å². The summed E-state index contributed by atoms with van der Waals surface area (Å²) < 4.78 is 1.34. The van der Waals surface area contributed by atoms with Crippen molar-refractivity contribution in [2.75, 3.05) is 0 Å². The van der Waals surface area contributed by atoms with Gasteiger partial charge in [0.15, 0.2) is 0 Å². The number of nitrogens with zero attached hydrogens (tertiary/aromatic N) is 3. The first-order valence-corrected chi connectivity index (χ1v) is 8.20. The molecule has 3 aromatic rings. The number of aryl methyl sites for hydroxylation is 3. The third-order valence-corrected chi connectivity index (χ3v) is 4.41. The second kappa shape index (κ2) is 6.64. The summed E-state index contributed by atoms with van der Waals surface area (Å²) in [5.74, 6) is 0. The van der Waals surface area contributed by atoms with Crippen LogP contribution in [-0.2, 0) is 13.0 Å². The fourth-order valence-corrected chi connectivity index (χ4v) is 2.96. The smallest absolute Gasteiger partial charge is 0.299 e. The molecule has 2 heterocycles. The van der Waals surface area contributed by atoms with Crippen molar-refractivity contribution in [1.82, 2.24) is 14.5 Å². The van der Waals surface area contributed by atoms with E-state index in [1.807, 2.05) is 36.6 Å². The molecule has 6 nitrogen and oxygen atoms in total. The van der Waals surface area contributed by atoms with Crippen LogP contribution in [-0.4, -0.2) is 14.5 Å². The highest BCUT2D eigenvalue weighted by Gasteiger charge is 2.05. The van der Waals surface area contributed by atoms with Gasteiger partial charge in [-0.15, -0.1) is 11.3 Å². The standard InChI is InChI=1S/C17H14N4O2S/c1-11-19-15(10-24-11)13-4-2-12(3-5-13)6-7-21-9-14(8-18)16(22)20-17(21)23/h2-5,9-10H,6-7H2,1H3,(H,20,22,23). The molecule has 1 N–H and O–H groups in total. The number of hydrogen-bond acceptors (Lipinski definition) is 5. The lowest BCUT2D eigenvalue weighted by molar-refractivity contribution is 0.643. The molecule has 0 saturated carbocycles. The highest BCUT2D eigenvalue weighted by molar-refractivity contribution is 7.09. The number of nitrogens with one attached hydrogen (secondary N) is 1. The minimum absolute atomic E-state index is 0.0659. The summed E-state index contributed by atoms with van der Waals surface area (Å²) in [5.41, 5.74) is 1.84. The molecule has 0 unspecified atom stereocenters. The lowest BCUT2D eigenvalue weighted by Crippen LogP contribution is -2.31. The monoisotopic (exact) mass is 338 g/mol. The van der Waals surface area contributed by atoms with Crippen LogP contribution < -0.4 is 11.2 Å². The van der Waals surface area contributed by atoms with Gasteiger partial charge in [0.25, 0.3) is 5.56 Å². The third-order valence-electron chi connectivity index (χ3n) is 3.64. The Kier molecular flexibility index (Phi) is 4.40. The fourth-order valence-electron chi connectivity index (χ4n) is 2.34. The lowest BCUT2D eigenvalue weighted by atomic mass is 10.1. The molecule has 0 saturated heterocycles. The van der Waals surface area contributed by atoms with Crippen LogP contribution in [0.25, 0.3) is 11.3 Å². The minimum Gasteiger partial charge on any atom is -0.299 e. The number of nitriles is 1. The summed E-state index contributed by atoms with van der Waals surface area (Å²) in [7, 11) is 0. The number of thiazole rings is 1. The molecule has 120 valence electrons. The third kappa shape index (κ3) is 3.34. The summed E-state index contributed by atoms with van der Waals surface area (Å²) in [6, 6.07) is 9.76. The predicted octanol–water partition coefficient (Wildman–Crippen LogP) is 2.08. The minimum atomic E-state index is -0.651. The van der Waals surface area contributed by atoms with E-state index in [1.165, 1.54) is 10.8 Å². The van der Waals surface area contributed by atoms with Crippen LogP contribution in [0, 0.1) is 18.3 Å². The van der Waals surface area contributed by atoms with E-state index in [-0.39, 0.29) is 5.56 Å². The molecule has 0 radical (unpaired) electrons. The molecule has 0 aliphatic heterocycles. The van der Waals surface area contributed by atoms with Crippen molar-refractivity contribution in [1.29, 1.82) is 5.26 Å². The summed E-state index contributed by atoms with van der Waals surface area (Å²) in [4.78, 5) is 29.7. The Hall–Kier alpha value is -2.98. The van der Waals surface area contributed by atoms with E-state index < -0.39 is 11.2 Å². The van der Waals surface area contributed by atoms with Gasteiger partial charge in [-0.2, -0.15) is 5.26 Å². The Bertz CT molecular complexity index is 1020. The first kappa shape index (κ1) is 15.9. The normalized spacial score (nSPS) is 10.5. The van der Waals surface area contributed by atoms with Gasteiger partial charge in [-0.1, -0.05) is 24.3 Å². The first-order valence-electron chi connectivity index (χ1n) is 7.32. The van der Waals surface area contributed by atoms with E-state index >= 15 is 0 Å². The van der Waals surface area contributed by atoms with Crippen molar-refractivity contribution in [3.05, 3.63) is 72.8 Å². The van der Waals surface area contributed by atoms with E-state index in [4.69, 9.17) is 5.26 Å². The Morgan fingerprint density at radius 3 is 2.67 bits per heavy atom. The zero-order valence-corrected chi connectivity index (χ0v) is 13.8. The van der Waals surface area contributed by atoms with Gasteiger partial charge in [-0.25, -0.2) is 9.78 Å². The highest BCUT2D eigenvalue weighted by atomic mass is 32.1. The zero-order chi connectivity index (χ0) is 17.1. The highest BCUT2D eigenvalue weighted by Crippen LogP contribution is 2.21. The summed E-state index contributed by atoms with van der Waals surface area (Å²) in [6.07, 6.45) is 1.92. The molecule has 1 aromatic carbocycles. The second-order valence-electron chi connectivity index (χ2n) is 5.31. The van der Waals surface area contributed by atoms with Crippen molar-refractivity contribution < 1.29 is 0 Å².